The van der Waals surface area contributed by atoms with E-state index in [1.165, 1.54) is 4.88 Å². The number of carbonyl (C=O) groups excluding carboxylic acids is 1. The van der Waals surface area contributed by atoms with Gasteiger partial charge >= 0.3 is 0 Å². The molecule has 4 rings (SSSR count). The summed E-state index contributed by atoms with van der Waals surface area (Å²) in [5, 5.41) is 3.05. The zero-order valence-corrected chi connectivity index (χ0v) is 16.2. The van der Waals surface area contributed by atoms with Crippen molar-refractivity contribution >= 4 is 17.2 Å². The van der Waals surface area contributed by atoms with E-state index in [9.17, 15) is 4.79 Å². The third-order valence-electron chi connectivity index (χ3n) is 5.60. The van der Waals surface area contributed by atoms with Gasteiger partial charge in [0.25, 0.3) is 5.91 Å². The molecule has 1 spiro atoms. The number of thiazole rings is 1. The first kappa shape index (κ1) is 17.7. The average Bonchev–Trinajstić information content (AvgIpc) is 3.21. The van der Waals surface area contributed by atoms with Gasteiger partial charge in [-0.05, 0) is 37.8 Å². The van der Waals surface area contributed by atoms with E-state index < -0.39 is 0 Å². The zero-order valence-electron chi connectivity index (χ0n) is 15.4. The van der Waals surface area contributed by atoms with Crippen LogP contribution in [0.4, 0.5) is 0 Å². The van der Waals surface area contributed by atoms with Crippen molar-refractivity contribution in [3.05, 3.63) is 40.1 Å². The molecular weight excluding hydrogens is 348 g/mol. The van der Waals surface area contributed by atoms with Gasteiger partial charge in [-0.2, -0.15) is 0 Å². The maximum Gasteiger partial charge on any atom is 0.267 e. The van der Waals surface area contributed by atoms with E-state index in [-0.39, 0.29) is 11.5 Å². The van der Waals surface area contributed by atoms with Crippen molar-refractivity contribution in [2.24, 2.45) is 13.0 Å². The Hall–Kier alpha value is -1.70. The first-order valence-electron chi connectivity index (χ1n) is 9.19. The van der Waals surface area contributed by atoms with Gasteiger partial charge in [-0.25, -0.2) is 4.98 Å². The van der Waals surface area contributed by atoms with Crippen molar-refractivity contribution in [3.63, 3.8) is 0 Å². The molecule has 2 aromatic heterocycles. The molecule has 4 heterocycles. The summed E-state index contributed by atoms with van der Waals surface area (Å²) in [4.78, 5) is 20.3. The van der Waals surface area contributed by atoms with Crippen molar-refractivity contribution in [3.8, 4) is 0 Å². The first-order valence-corrected chi connectivity index (χ1v) is 10.1. The maximum absolute atomic E-state index is 12.2. The van der Waals surface area contributed by atoms with Gasteiger partial charge in [0.15, 0.2) is 0 Å². The minimum absolute atomic E-state index is 0.00691. The number of rotatable bonds is 5. The topological polar surface area (TPSA) is 59.4 Å². The van der Waals surface area contributed by atoms with Gasteiger partial charge in [-0.3, -0.25) is 9.69 Å². The Kier molecular flexibility index (Phi) is 4.86. The molecule has 0 unspecified atom stereocenters. The molecule has 1 amide bonds. The van der Waals surface area contributed by atoms with Gasteiger partial charge in [-0.15, -0.1) is 11.3 Å². The second-order valence-corrected chi connectivity index (χ2v) is 8.56. The fourth-order valence-corrected chi connectivity index (χ4v) is 4.73. The number of ether oxygens (including phenoxy) is 1. The summed E-state index contributed by atoms with van der Waals surface area (Å²) in [7, 11) is 1.89. The molecule has 0 aromatic carbocycles. The van der Waals surface area contributed by atoms with Crippen LogP contribution in [-0.2, 0) is 18.3 Å². The highest BCUT2D eigenvalue weighted by molar-refractivity contribution is 7.09. The van der Waals surface area contributed by atoms with Gasteiger partial charge < -0.3 is 14.6 Å². The molecule has 7 heteroatoms. The largest absolute Gasteiger partial charge is 0.372 e. The minimum atomic E-state index is -0.00691. The van der Waals surface area contributed by atoms with Gasteiger partial charge in [0.05, 0.1) is 23.4 Å². The van der Waals surface area contributed by atoms with Crippen molar-refractivity contribution in [1.82, 2.24) is 19.8 Å². The molecule has 1 atom stereocenters. The van der Waals surface area contributed by atoms with E-state index in [0.717, 1.165) is 44.8 Å². The van der Waals surface area contributed by atoms with Crippen LogP contribution in [0.25, 0.3) is 0 Å². The Balaban J connectivity index is 1.20. The van der Waals surface area contributed by atoms with Crippen LogP contribution in [0.3, 0.4) is 0 Å². The van der Waals surface area contributed by atoms with Crippen molar-refractivity contribution < 1.29 is 9.53 Å². The highest BCUT2D eigenvalue weighted by atomic mass is 32.1. The second-order valence-electron chi connectivity index (χ2n) is 7.62. The molecule has 6 nitrogen and oxygen atoms in total. The molecule has 2 fully saturated rings. The third-order valence-corrected chi connectivity index (χ3v) is 6.52. The maximum atomic E-state index is 12.2. The van der Waals surface area contributed by atoms with Gasteiger partial charge in [0.2, 0.25) is 0 Å². The fraction of sp³-hybridized carbons (Fsp3) is 0.579. The predicted molar refractivity (Wildman–Crippen MR) is 101 cm³/mol. The lowest BCUT2D eigenvalue weighted by Crippen LogP contribution is -2.64. The number of likely N-dealkylation sites (tertiary alicyclic amines) is 1. The SMILES string of the molecule is Cc1ncsc1CN1CC2(CC[C@@H](CNC(=O)c3cccn3C)CO2)C1. The molecule has 26 heavy (non-hydrogen) atoms. The van der Waals surface area contributed by atoms with E-state index >= 15 is 0 Å². The van der Waals surface area contributed by atoms with Crippen LogP contribution in [0, 0.1) is 12.8 Å². The molecule has 0 bridgehead atoms. The van der Waals surface area contributed by atoms with E-state index in [4.69, 9.17) is 4.74 Å². The van der Waals surface area contributed by atoms with Crippen molar-refractivity contribution in [1.29, 1.82) is 0 Å². The Morgan fingerprint density at radius 1 is 1.50 bits per heavy atom. The fourth-order valence-electron chi connectivity index (χ4n) is 3.91. The van der Waals surface area contributed by atoms with E-state index in [1.807, 2.05) is 35.5 Å². The Morgan fingerprint density at radius 3 is 2.96 bits per heavy atom. The van der Waals surface area contributed by atoms with Gasteiger partial charge in [-0.1, -0.05) is 0 Å². The monoisotopic (exact) mass is 374 g/mol. The Labute approximate surface area is 158 Å². The summed E-state index contributed by atoms with van der Waals surface area (Å²) in [5.41, 5.74) is 3.81. The lowest BCUT2D eigenvalue weighted by Gasteiger charge is -2.52. The Bertz CT molecular complexity index is 768. The molecular formula is C19H26N4O2S. The minimum Gasteiger partial charge on any atom is -0.372 e. The average molecular weight is 375 g/mol. The lowest BCUT2D eigenvalue weighted by atomic mass is 9.83. The molecule has 0 saturated carbocycles. The number of nitrogens with zero attached hydrogens (tertiary/aromatic N) is 3. The van der Waals surface area contributed by atoms with E-state index in [1.54, 1.807) is 11.3 Å². The molecule has 0 aliphatic carbocycles. The predicted octanol–water partition coefficient (Wildman–Crippen LogP) is 2.20. The molecule has 2 aliphatic heterocycles. The van der Waals surface area contributed by atoms with Crippen LogP contribution in [-0.4, -0.2) is 52.2 Å². The van der Waals surface area contributed by atoms with Gasteiger partial charge in [0.1, 0.15) is 5.69 Å². The number of carbonyl (C=O) groups is 1. The normalized spacial score (nSPS) is 22.3. The summed E-state index contributed by atoms with van der Waals surface area (Å²) < 4.78 is 8.07. The Morgan fingerprint density at radius 2 is 2.35 bits per heavy atom. The summed E-state index contributed by atoms with van der Waals surface area (Å²) in [6.45, 7) is 6.49. The molecule has 2 aliphatic rings. The number of aryl methyl sites for hydroxylation is 2. The molecule has 0 radical (unpaired) electrons. The van der Waals surface area contributed by atoms with Crippen LogP contribution in [0.1, 0.15) is 33.9 Å². The lowest BCUT2D eigenvalue weighted by molar-refractivity contribution is -0.181. The van der Waals surface area contributed by atoms with Crippen molar-refractivity contribution in [2.75, 3.05) is 26.2 Å². The number of hydrogen-bond donors (Lipinski definition) is 1. The van der Waals surface area contributed by atoms with E-state index in [0.29, 0.717) is 18.2 Å². The number of hydrogen-bond acceptors (Lipinski definition) is 5. The highest BCUT2D eigenvalue weighted by Crippen LogP contribution is 2.37. The highest BCUT2D eigenvalue weighted by Gasteiger charge is 2.46. The number of nitrogens with one attached hydrogen (secondary N) is 1. The van der Waals surface area contributed by atoms with Crippen LogP contribution in [0.5, 0.6) is 0 Å². The second kappa shape index (κ2) is 7.13. The molecule has 2 aromatic rings. The molecule has 1 N–H and O–H groups in total. The van der Waals surface area contributed by atoms with Crippen LogP contribution < -0.4 is 5.32 Å². The number of aromatic nitrogens is 2. The summed E-state index contributed by atoms with van der Waals surface area (Å²) in [6.07, 6.45) is 4.08. The van der Waals surface area contributed by atoms with Gasteiger partial charge in [0, 0.05) is 44.3 Å². The summed E-state index contributed by atoms with van der Waals surface area (Å²) >= 11 is 1.74. The zero-order chi connectivity index (χ0) is 18.1. The summed E-state index contributed by atoms with van der Waals surface area (Å²) in [6, 6.07) is 3.73. The quantitative estimate of drug-likeness (QED) is 0.872. The third kappa shape index (κ3) is 3.56. The van der Waals surface area contributed by atoms with E-state index in [2.05, 4.69) is 22.1 Å². The smallest absolute Gasteiger partial charge is 0.267 e. The standard InChI is InChI=1S/C19H26N4O2S/c1-14-17(26-13-21-14)9-23-11-19(12-23)6-5-15(10-25-19)8-20-18(24)16-4-3-7-22(16)2/h3-4,7,13,15H,5-6,8-12H2,1-2H3,(H,20,24)/t15-/m0/s1. The van der Waals surface area contributed by atoms with Crippen LogP contribution >= 0.6 is 11.3 Å². The number of amides is 1. The van der Waals surface area contributed by atoms with Crippen molar-refractivity contribution in [2.45, 2.75) is 31.9 Å². The van der Waals surface area contributed by atoms with Crippen LogP contribution in [0.2, 0.25) is 0 Å². The summed E-state index contributed by atoms with van der Waals surface area (Å²) in [5.74, 6) is 0.398. The van der Waals surface area contributed by atoms with Crippen LogP contribution in [0.15, 0.2) is 23.8 Å². The first-order chi connectivity index (χ1) is 12.5. The molecule has 140 valence electrons. The molecule has 2 saturated heterocycles.